The molecular formula is C13H19N3O. The van der Waals surface area contributed by atoms with Crippen molar-refractivity contribution in [2.45, 2.75) is 26.2 Å². The third kappa shape index (κ3) is 2.31. The van der Waals surface area contributed by atoms with Crippen LogP contribution >= 0.6 is 0 Å². The van der Waals surface area contributed by atoms with Gasteiger partial charge in [0.2, 0.25) is 0 Å². The first-order valence-corrected chi connectivity index (χ1v) is 6.10. The van der Waals surface area contributed by atoms with Crippen molar-refractivity contribution in [1.29, 1.82) is 0 Å². The van der Waals surface area contributed by atoms with Crippen LogP contribution in [0.2, 0.25) is 0 Å². The Morgan fingerprint density at radius 1 is 1.53 bits per heavy atom. The Labute approximate surface area is 101 Å². The number of hydrogen-bond donors (Lipinski definition) is 2. The molecule has 1 fully saturated rings. The minimum atomic E-state index is 0.0332. The van der Waals surface area contributed by atoms with Gasteiger partial charge in [0.15, 0.2) is 5.78 Å². The van der Waals surface area contributed by atoms with Crippen LogP contribution < -0.4 is 11.5 Å². The van der Waals surface area contributed by atoms with Crippen LogP contribution in [0.4, 0.5) is 5.82 Å². The second kappa shape index (κ2) is 4.84. The van der Waals surface area contributed by atoms with Crippen LogP contribution in [0.3, 0.4) is 0 Å². The van der Waals surface area contributed by atoms with Crippen LogP contribution in [0.5, 0.6) is 0 Å². The first-order chi connectivity index (χ1) is 8.13. The molecule has 1 saturated carbocycles. The molecular weight excluding hydrogens is 214 g/mol. The van der Waals surface area contributed by atoms with Crippen LogP contribution in [0.1, 0.15) is 35.2 Å². The molecule has 2 unspecified atom stereocenters. The number of hydrogen-bond acceptors (Lipinski definition) is 4. The highest BCUT2D eigenvalue weighted by Crippen LogP contribution is 2.34. The smallest absolute Gasteiger partial charge is 0.169 e. The number of carbonyl (C=O) groups is 1. The third-order valence-corrected chi connectivity index (χ3v) is 3.62. The quantitative estimate of drug-likeness (QED) is 0.776. The molecule has 0 aliphatic heterocycles. The maximum atomic E-state index is 12.4. The van der Waals surface area contributed by atoms with Gasteiger partial charge in [-0.05, 0) is 43.9 Å². The molecule has 2 atom stereocenters. The molecule has 1 aliphatic carbocycles. The van der Waals surface area contributed by atoms with E-state index in [9.17, 15) is 4.79 Å². The molecule has 0 spiro atoms. The Morgan fingerprint density at radius 3 is 3.00 bits per heavy atom. The van der Waals surface area contributed by atoms with Crippen LogP contribution in [-0.2, 0) is 0 Å². The van der Waals surface area contributed by atoms with Gasteiger partial charge in [0.05, 0.1) is 5.56 Å². The summed E-state index contributed by atoms with van der Waals surface area (Å²) in [5.74, 6) is 0.795. The number of pyridine rings is 1. The summed E-state index contributed by atoms with van der Waals surface area (Å²) >= 11 is 0. The van der Waals surface area contributed by atoms with Crippen molar-refractivity contribution in [3.05, 3.63) is 23.4 Å². The van der Waals surface area contributed by atoms with Crippen molar-refractivity contribution < 1.29 is 4.79 Å². The second-order valence-corrected chi connectivity index (χ2v) is 4.84. The Balaban J connectivity index is 2.27. The molecule has 0 amide bonds. The molecule has 0 bridgehead atoms. The van der Waals surface area contributed by atoms with E-state index in [0.29, 0.717) is 23.8 Å². The van der Waals surface area contributed by atoms with Gasteiger partial charge in [-0.2, -0.15) is 0 Å². The van der Waals surface area contributed by atoms with Crippen LogP contribution in [0.15, 0.2) is 12.3 Å². The van der Waals surface area contributed by atoms with Crippen molar-refractivity contribution >= 4 is 11.6 Å². The van der Waals surface area contributed by atoms with E-state index in [4.69, 9.17) is 11.5 Å². The maximum absolute atomic E-state index is 12.4. The zero-order valence-electron chi connectivity index (χ0n) is 10.1. The van der Waals surface area contributed by atoms with E-state index < -0.39 is 0 Å². The van der Waals surface area contributed by atoms with Gasteiger partial charge in [-0.3, -0.25) is 4.79 Å². The molecule has 0 aromatic carbocycles. The number of anilines is 1. The number of nitrogen functional groups attached to an aromatic ring is 1. The summed E-state index contributed by atoms with van der Waals surface area (Å²) in [5.41, 5.74) is 13.0. The Hall–Kier alpha value is -1.42. The van der Waals surface area contributed by atoms with E-state index in [-0.39, 0.29) is 11.7 Å². The average Bonchev–Trinajstić information content (AvgIpc) is 2.79. The van der Waals surface area contributed by atoms with Gasteiger partial charge in [0, 0.05) is 12.1 Å². The monoisotopic (exact) mass is 233 g/mol. The van der Waals surface area contributed by atoms with Crippen molar-refractivity contribution in [2.75, 3.05) is 12.3 Å². The number of carbonyl (C=O) groups excluding carboxylic acids is 1. The summed E-state index contributed by atoms with van der Waals surface area (Å²) in [6.07, 6.45) is 4.73. The minimum absolute atomic E-state index is 0.0332. The maximum Gasteiger partial charge on any atom is 0.169 e. The molecule has 4 nitrogen and oxygen atoms in total. The van der Waals surface area contributed by atoms with Crippen molar-refractivity contribution in [3.63, 3.8) is 0 Å². The average molecular weight is 233 g/mol. The SMILES string of the molecule is Cc1cnc(N)c(C(=O)C2CCCC2CN)c1. The van der Waals surface area contributed by atoms with Crippen LogP contribution in [0.25, 0.3) is 0 Å². The summed E-state index contributed by atoms with van der Waals surface area (Å²) in [5, 5.41) is 0. The molecule has 4 N–H and O–H groups in total. The fourth-order valence-corrected chi connectivity index (χ4v) is 2.64. The summed E-state index contributed by atoms with van der Waals surface area (Å²) in [7, 11) is 0. The van der Waals surface area contributed by atoms with Crippen molar-refractivity contribution in [1.82, 2.24) is 4.98 Å². The lowest BCUT2D eigenvalue weighted by atomic mass is 9.88. The highest BCUT2D eigenvalue weighted by Gasteiger charge is 2.33. The van der Waals surface area contributed by atoms with Gasteiger partial charge >= 0.3 is 0 Å². The zero-order valence-corrected chi connectivity index (χ0v) is 10.1. The van der Waals surface area contributed by atoms with E-state index in [1.807, 2.05) is 13.0 Å². The Kier molecular flexibility index (Phi) is 3.43. The number of rotatable bonds is 3. The fourth-order valence-electron chi connectivity index (χ4n) is 2.64. The lowest BCUT2D eigenvalue weighted by Gasteiger charge is -2.17. The molecule has 0 radical (unpaired) electrons. The fraction of sp³-hybridized carbons (Fsp3) is 0.538. The van der Waals surface area contributed by atoms with Gasteiger partial charge in [0.1, 0.15) is 5.82 Å². The largest absolute Gasteiger partial charge is 0.383 e. The summed E-state index contributed by atoms with van der Waals surface area (Å²) in [4.78, 5) is 16.5. The predicted octanol–water partition coefficient (Wildman–Crippen LogP) is 1.53. The lowest BCUT2D eigenvalue weighted by molar-refractivity contribution is 0.0894. The normalized spacial score (nSPS) is 23.9. The van der Waals surface area contributed by atoms with Crippen LogP contribution in [0, 0.1) is 18.8 Å². The van der Waals surface area contributed by atoms with Gasteiger partial charge < -0.3 is 11.5 Å². The predicted molar refractivity (Wildman–Crippen MR) is 67.6 cm³/mol. The van der Waals surface area contributed by atoms with Crippen molar-refractivity contribution in [3.8, 4) is 0 Å². The zero-order chi connectivity index (χ0) is 12.4. The van der Waals surface area contributed by atoms with E-state index in [1.165, 1.54) is 0 Å². The van der Waals surface area contributed by atoms with Crippen molar-refractivity contribution in [2.24, 2.45) is 17.6 Å². The molecule has 0 saturated heterocycles. The Morgan fingerprint density at radius 2 is 2.29 bits per heavy atom. The number of Topliss-reactive ketones (excluding diaryl/α,β-unsaturated/α-hetero) is 1. The molecule has 92 valence electrons. The highest BCUT2D eigenvalue weighted by atomic mass is 16.1. The molecule has 4 heteroatoms. The Bertz CT molecular complexity index is 431. The van der Waals surface area contributed by atoms with Crippen LogP contribution in [-0.4, -0.2) is 17.3 Å². The summed E-state index contributed by atoms with van der Waals surface area (Å²) in [6.45, 7) is 2.49. The van der Waals surface area contributed by atoms with Gasteiger partial charge in [0.25, 0.3) is 0 Å². The van der Waals surface area contributed by atoms with E-state index >= 15 is 0 Å². The summed E-state index contributed by atoms with van der Waals surface area (Å²) < 4.78 is 0. The first-order valence-electron chi connectivity index (χ1n) is 6.10. The molecule has 2 rings (SSSR count). The topological polar surface area (TPSA) is 82.0 Å². The number of nitrogens with two attached hydrogens (primary N) is 2. The third-order valence-electron chi connectivity index (χ3n) is 3.62. The number of nitrogens with zero attached hydrogens (tertiary/aromatic N) is 1. The molecule has 1 aromatic rings. The molecule has 1 aliphatic rings. The standard InChI is InChI=1S/C13H19N3O/c1-8-5-11(13(15)16-7-8)12(17)10-4-2-3-9(10)6-14/h5,7,9-10H,2-4,6,14H2,1H3,(H2,15,16). The lowest BCUT2D eigenvalue weighted by Crippen LogP contribution is -2.26. The van der Waals surface area contributed by atoms with Gasteiger partial charge in [-0.15, -0.1) is 0 Å². The first kappa shape index (κ1) is 12.0. The number of aryl methyl sites for hydroxylation is 1. The second-order valence-electron chi connectivity index (χ2n) is 4.84. The number of ketones is 1. The van der Waals surface area contributed by atoms with E-state index in [2.05, 4.69) is 4.98 Å². The van der Waals surface area contributed by atoms with E-state index in [0.717, 1.165) is 24.8 Å². The minimum Gasteiger partial charge on any atom is -0.383 e. The van der Waals surface area contributed by atoms with E-state index in [1.54, 1.807) is 6.20 Å². The molecule has 1 heterocycles. The van der Waals surface area contributed by atoms with Gasteiger partial charge in [-0.25, -0.2) is 4.98 Å². The molecule has 1 aromatic heterocycles. The summed E-state index contributed by atoms with van der Waals surface area (Å²) in [6, 6.07) is 1.83. The van der Waals surface area contributed by atoms with Gasteiger partial charge in [-0.1, -0.05) is 6.42 Å². The molecule has 17 heavy (non-hydrogen) atoms. The highest BCUT2D eigenvalue weighted by molar-refractivity contribution is 6.02. The number of aromatic nitrogens is 1.